The van der Waals surface area contributed by atoms with Gasteiger partial charge in [0.15, 0.2) is 10.8 Å². The molecule has 1 aliphatic carbocycles. The van der Waals surface area contributed by atoms with Gasteiger partial charge in [0.2, 0.25) is 5.91 Å². The summed E-state index contributed by atoms with van der Waals surface area (Å²) in [7, 11) is 0. The lowest BCUT2D eigenvalue weighted by atomic mass is 10.1. The minimum atomic E-state index is -0.0823. The maximum Gasteiger partial charge on any atom is 0.231 e. The zero-order valence-electron chi connectivity index (χ0n) is 14.3. The first-order chi connectivity index (χ1) is 12.7. The van der Waals surface area contributed by atoms with Crippen molar-refractivity contribution in [1.29, 1.82) is 0 Å². The zero-order valence-corrected chi connectivity index (χ0v) is 15.2. The van der Waals surface area contributed by atoms with Crippen LogP contribution in [0, 0.1) is 5.92 Å². The molecule has 0 fully saturated rings. The molecule has 4 rings (SSSR count). The number of carbonyl (C=O) groups is 1. The van der Waals surface area contributed by atoms with Crippen molar-refractivity contribution in [3.63, 3.8) is 0 Å². The second-order valence-corrected chi connectivity index (χ2v) is 7.01. The third-order valence-electron chi connectivity index (χ3n) is 4.40. The highest BCUT2D eigenvalue weighted by Gasteiger charge is 2.39. The molecule has 0 radical (unpaired) electrons. The van der Waals surface area contributed by atoms with Crippen LogP contribution in [0.4, 0.5) is 0 Å². The first-order valence-corrected chi connectivity index (χ1v) is 9.37. The summed E-state index contributed by atoms with van der Waals surface area (Å²) < 4.78 is 0. The minimum Gasteiger partial charge on any atom is -0.355 e. The van der Waals surface area contributed by atoms with E-state index in [0.29, 0.717) is 18.8 Å². The molecule has 130 valence electrons. The van der Waals surface area contributed by atoms with Gasteiger partial charge in [0.05, 0.1) is 11.6 Å². The molecule has 6 heteroatoms. The van der Waals surface area contributed by atoms with E-state index in [1.54, 1.807) is 18.5 Å². The van der Waals surface area contributed by atoms with E-state index in [2.05, 4.69) is 32.4 Å². The lowest BCUT2D eigenvalue weighted by Gasteiger charge is -2.04. The zero-order chi connectivity index (χ0) is 17.9. The lowest BCUT2D eigenvalue weighted by molar-refractivity contribution is -0.121. The third kappa shape index (κ3) is 3.41. The second-order valence-electron chi connectivity index (χ2n) is 6.15. The summed E-state index contributed by atoms with van der Waals surface area (Å²) in [5, 5.41) is 5.82. The molecule has 0 unspecified atom stereocenters. The molecule has 0 spiro atoms. The number of aromatic nitrogens is 3. The summed E-state index contributed by atoms with van der Waals surface area (Å²) in [5.74, 6) is 0.627. The predicted molar refractivity (Wildman–Crippen MR) is 102 cm³/mol. The van der Waals surface area contributed by atoms with Gasteiger partial charge in [-0.15, -0.1) is 11.3 Å². The SMILES string of the molecule is CC1=C(c2ccccc2)[C@H]1C(=O)NCCc1csc(-c2ncccn2)n1. The third-order valence-corrected chi connectivity index (χ3v) is 5.29. The highest BCUT2D eigenvalue weighted by Crippen LogP contribution is 2.46. The molecule has 1 N–H and O–H groups in total. The maximum atomic E-state index is 12.4. The number of nitrogens with one attached hydrogen (secondary N) is 1. The van der Waals surface area contributed by atoms with Gasteiger partial charge in [0, 0.05) is 30.7 Å². The van der Waals surface area contributed by atoms with Crippen LogP contribution in [-0.2, 0) is 11.2 Å². The molecule has 1 amide bonds. The molecule has 1 atom stereocenters. The van der Waals surface area contributed by atoms with Crippen LogP contribution >= 0.6 is 11.3 Å². The Morgan fingerprint density at radius 3 is 2.69 bits per heavy atom. The van der Waals surface area contributed by atoms with Crippen LogP contribution < -0.4 is 5.32 Å². The molecule has 3 aromatic rings. The van der Waals surface area contributed by atoms with E-state index in [1.165, 1.54) is 11.3 Å². The van der Waals surface area contributed by atoms with Crippen LogP contribution in [0.5, 0.6) is 0 Å². The first kappa shape index (κ1) is 16.6. The number of nitrogens with zero attached hydrogens (tertiary/aromatic N) is 3. The fourth-order valence-electron chi connectivity index (χ4n) is 3.02. The second kappa shape index (κ2) is 7.17. The molecule has 0 aliphatic heterocycles. The number of thiazole rings is 1. The minimum absolute atomic E-state index is 0.0724. The molecule has 1 aliphatic rings. The Hall–Kier alpha value is -2.86. The monoisotopic (exact) mass is 362 g/mol. The van der Waals surface area contributed by atoms with Gasteiger partial charge in [-0.1, -0.05) is 35.9 Å². The molecule has 0 bridgehead atoms. The van der Waals surface area contributed by atoms with Gasteiger partial charge < -0.3 is 5.32 Å². The highest BCUT2D eigenvalue weighted by molar-refractivity contribution is 7.13. The van der Waals surface area contributed by atoms with Crippen molar-refractivity contribution in [1.82, 2.24) is 20.3 Å². The van der Waals surface area contributed by atoms with Crippen molar-refractivity contribution in [2.24, 2.45) is 5.92 Å². The van der Waals surface area contributed by atoms with Gasteiger partial charge in [-0.3, -0.25) is 4.79 Å². The van der Waals surface area contributed by atoms with Crippen molar-refractivity contribution in [3.8, 4) is 10.8 Å². The van der Waals surface area contributed by atoms with Gasteiger partial charge in [-0.2, -0.15) is 0 Å². The predicted octanol–water partition coefficient (Wildman–Crippen LogP) is 3.36. The molecule has 5 nitrogen and oxygen atoms in total. The summed E-state index contributed by atoms with van der Waals surface area (Å²) in [6.07, 6.45) is 4.11. The van der Waals surface area contributed by atoms with Crippen LogP contribution in [0.25, 0.3) is 16.4 Å². The van der Waals surface area contributed by atoms with Crippen molar-refractivity contribution in [2.75, 3.05) is 6.54 Å². The van der Waals surface area contributed by atoms with E-state index in [4.69, 9.17) is 0 Å². The van der Waals surface area contributed by atoms with Crippen molar-refractivity contribution in [3.05, 3.63) is 71.0 Å². The number of carbonyl (C=O) groups excluding carboxylic acids is 1. The first-order valence-electron chi connectivity index (χ1n) is 8.49. The van der Waals surface area contributed by atoms with Gasteiger partial charge in [0.1, 0.15) is 0 Å². The number of rotatable bonds is 6. The van der Waals surface area contributed by atoms with Gasteiger partial charge in [-0.05, 0) is 24.1 Å². The van der Waals surface area contributed by atoms with Gasteiger partial charge >= 0.3 is 0 Å². The van der Waals surface area contributed by atoms with E-state index in [9.17, 15) is 4.79 Å². The lowest BCUT2D eigenvalue weighted by Crippen LogP contribution is -2.28. The topological polar surface area (TPSA) is 67.8 Å². The molecule has 0 saturated carbocycles. The smallest absolute Gasteiger partial charge is 0.231 e. The van der Waals surface area contributed by atoms with Crippen molar-refractivity contribution >= 4 is 22.8 Å². The molecule has 26 heavy (non-hydrogen) atoms. The van der Waals surface area contributed by atoms with Crippen LogP contribution in [-0.4, -0.2) is 27.4 Å². The summed E-state index contributed by atoms with van der Waals surface area (Å²) in [5.41, 5.74) is 4.39. The van der Waals surface area contributed by atoms with Crippen LogP contribution in [0.15, 0.2) is 59.7 Å². The van der Waals surface area contributed by atoms with E-state index in [-0.39, 0.29) is 11.8 Å². The summed E-state index contributed by atoms with van der Waals surface area (Å²) >= 11 is 1.52. The maximum absolute atomic E-state index is 12.4. The Morgan fingerprint density at radius 1 is 1.15 bits per heavy atom. The van der Waals surface area contributed by atoms with Crippen molar-refractivity contribution < 1.29 is 4.79 Å². The Kier molecular flexibility index (Phi) is 4.58. The Labute approximate surface area is 155 Å². The fraction of sp³-hybridized carbons (Fsp3) is 0.200. The molecular weight excluding hydrogens is 344 g/mol. The molecule has 2 aromatic heterocycles. The van der Waals surface area contributed by atoms with E-state index in [1.807, 2.05) is 30.5 Å². The summed E-state index contributed by atoms with van der Waals surface area (Å²) in [6.45, 7) is 2.60. The van der Waals surface area contributed by atoms with Gasteiger partial charge in [0.25, 0.3) is 0 Å². The Bertz CT molecular complexity index is 950. The molecule has 0 saturated heterocycles. The van der Waals surface area contributed by atoms with Crippen LogP contribution in [0.3, 0.4) is 0 Å². The standard InChI is InChI=1S/C20H18N4OS/c1-13-16(14-6-3-2-4-7-14)17(13)19(25)23-11-8-15-12-26-20(24-15)18-21-9-5-10-22-18/h2-7,9-10,12,17H,8,11H2,1H3,(H,23,25)/t17-/m0/s1. The van der Waals surface area contributed by atoms with E-state index in [0.717, 1.165) is 27.4 Å². The fourth-order valence-corrected chi connectivity index (χ4v) is 3.82. The molecular formula is C20H18N4OS. The Morgan fingerprint density at radius 2 is 1.92 bits per heavy atom. The number of amides is 1. The quantitative estimate of drug-likeness (QED) is 0.730. The average Bonchev–Trinajstić information content (AvgIpc) is 3.13. The van der Waals surface area contributed by atoms with E-state index >= 15 is 0 Å². The number of hydrogen-bond donors (Lipinski definition) is 1. The molecule has 2 heterocycles. The normalized spacial score (nSPS) is 15.8. The molecule has 1 aromatic carbocycles. The number of benzene rings is 1. The summed E-state index contributed by atoms with van der Waals surface area (Å²) in [6, 6.07) is 11.9. The van der Waals surface area contributed by atoms with Gasteiger partial charge in [-0.25, -0.2) is 15.0 Å². The highest BCUT2D eigenvalue weighted by atomic mass is 32.1. The largest absolute Gasteiger partial charge is 0.355 e. The van der Waals surface area contributed by atoms with Crippen LogP contribution in [0.2, 0.25) is 0 Å². The van der Waals surface area contributed by atoms with Crippen LogP contribution in [0.1, 0.15) is 18.2 Å². The van der Waals surface area contributed by atoms with E-state index < -0.39 is 0 Å². The summed E-state index contributed by atoms with van der Waals surface area (Å²) in [4.78, 5) is 25.4. The average molecular weight is 362 g/mol. The van der Waals surface area contributed by atoms with Crippen molar-refractivity contribution in [2.45, 2.75) is 13.3 Å². The number of hydrogen-bond acceptors (Lipinski definition) is 5. The Balaban J connectivity index is 1.29.